The highest BCUT2D eigenvalue weighted by molar-refractivity contribution is 5.88. The number of rotatable bonds is 7. The lowest BCUT2D eigenvalue weighted by atomic mass is 10.1. The zero-order valence-electron chi connectivity index (χ0n) is 14.6. The summed E-state index contributed by atoms with van der Waals surface area (Å²) in [5.41, 5.74) is 5.24. The van der Waals surface area contributed by atoms with Gasteiger partial charge < -0.3 is 19.4 Å². The van der Waals surface area contributed by atoms with E-state index in [0.29, 0.717) is 19.4 Å². The molecule has 2 aromatic rings. The SMILES string of the molecule is CCc1c(Cn2cc(C)c(CCC(=O)OC)c2)[nH]c(C(=O)O)c1C. The van der Waals surface area contributed by atoms with E-state index in [1.165, 1.54) is 7.11 Å². The number of carboxylic acid groups (broad SMARTS) is 1. The van der Waals surface area contributed by atoms with Crippen molar-refractivity contribution in [3.8, 4) is 0 Å². The van der Waals surface area contributed by atoms with E-state index in [4.69, 9.17) is 0 Å². The number of aromatic amines is 1. The van der Waals surface area contributed by atoms with Gasteiger partial charge >= 0.3 is 11.9 Å². The summed E-state index contributed by atoms with van der Waals surface area (Å²) in [5, 5.41) is 9.28. The minimum atomic E-state index is -0.934. The molecule has 0 aromatic carbocycles. The molecule has 2 N–H and O–H groups in total. The van der Waals surface area contributed by atoms with Crippen LogP contribution >= 0.6 is 0 Å². The van der Waals surface area contributed by atoms with E-state index in [9.17, 15) is 14.7 Å². The Hall–Kier alpha value is -2.50. The summed E-state index contributed by atoms with van der Waals surface area (Å²) in [7, 11) is 1.39. The van der Waals surface area contributed by atoms with Crippen LogP contribution in [0.3, 0.4) is 0 Å². The topological polar surface area (TPSA) is 84.3 Å². The molecule has 0 radical (unpaired) electrons. The van der Waals surface area contributed by atoms with Crippen molar-refractivity contribution in [2.45, 2.75) is 46.6 Å². The van der Waals surface area contributed by atoms with Crippen LogP contribution in [0.5, 0.6) is 0 Å². The Morgan fingerprint density at radius 3 is 2.58 bits per heavy atom. The third-order valence-corrected chi connectivity index (χ3v) is 4.39. The molecule has 0 saturated carbocycles. The number of hydrogen-bond acceptors (Lipinski definition) is 3. The average molecular weight is 332 g/mol. The molecule has 0 aliphatic heterocycles. The van der Waals surface area contributed by atoms with Crippen LogP contribution < -0.4 is 0 Å². The van der Waals surface area contributed by atoms with E-state index in [-0.39, 0.29) is 11.7 Å². The zero-order chi connectivity index (χ0) is 17.9. The van der Waals surface area contributed by atoms with Gasteiger partial charge in [-0.1, -0.05) is 6.92 Å². The lowest BCUT2D eigenvalue weighted by molar-refractivity contribution is -0.140. The van der Waals surface area contributed by atoms with Gasteiger partial charge in [-0.2, -0.15) is 0 Å². The van der Waals surface area contributed by atoms with Crippen LogP contribution in [-0.4, -0.2) is 33.7 Å². The molecule has 2 rings (SSSR count). The van der Waals surface area contributed by atoms with Crippen LogP contribution in [0, 0.1) is 13.8 Å². The van der Waals surface area contributed by atoms with Crippen LogP contribution in [0.1, 0.15) is 51.8 Å². The molecule has 2 aromatic heterocycles. The minimum Gasteiger partial charge on any atom is -0.477 e. The predicted molar refractivity (Wildman–Crippen MR) is 90.5 cm³/mol. The average Bonchev–Trinajstić information content (AvgIpc) is 3.04. The number of esters is 1. The largest absolute Gasteiger partial charge is 0.477 e. The molecule has 0 spiro atoms. The van der Waals surface area contributed by atoms with Gasteiger partial charge in [-0.15, -0.1) is 0 Å². The first-order valence-corrected chi connectivity index (χ1v) is 8.03. The summed E-state index contributed by atoms with van der Waals surface area (Å²) in [5.74, 6) is -1.16. The highest BCUT2D eigenvalue weighted by Gasteiger charge is 2.18. The van der Waals surface area contributed by atoms with Crippen LogP contribution in [0.25, 0.3) is 0 Å². The zero-order valence-corrected chi connectivity index (χ0v) is 14.6. The first-order chi connectivity index (χ1) is 11.4. The number of H-pyrrole nitrogens is 1. The number of carbonyl (C=O) groups excluding carboxylic acids is 1. The third-order valence-electron chi connectivity index (χ3n) is 4.39. The van der Waals surface area contributed by atoms with Crippen molar-refractivity contribution in [2.75, 3.05) is 7.11 Å². The molecule has 0 bridgehead atoms. The molecule has 0 unspecified atom stereocenters. The van der Waals surface area contributed by atoms with Gasteiger partial charge in [-0.05, 0) is 48.9 Å². The number of nitrogens with one attached hydrogen (secondary N) is 1. The molecule has 130 valence electrons. The number of carboxylic acids is 1. The molecular weight excluding hydrogens is 308 g/mol. The second-order valence-electron chi connectivity index (χ2n) is 5.96. The van der Waals surface area contributed by atoms with Gasteiger partial charge in [-0.25, -0.2) is 4.79 Å². The summed E-state index contributed by atoms with van der Waals surface area (Å²) in [6.07, 6.45) is 5.79. The van der Waals surface area contributed by atoms with E-state index < -0.39 is 5.97 Å². The van der Waals surface area contributed by atoms with Gasteiger partial charge in [-0.3, -0.25) is 4.79 Å². The summed E-state index contributed by atoms with van der Waals surface area (Å²) in [6, 6.07) is 0. The third kappa shape index (κ3) is 3.69. The molecule has 0 atom stereocenters. The van der Waals surface area contributed by atoms with Crippen molar-refractivity contribution in [1.82, 2.24) is 9.55 Å². The van der Waals surface area contributed by atoms with Crippen molar-refractivity contribution < 1.29 is 19.4 Å². The maximum atomic E-state index is 11.3. The highest BCUT2D eigenvalue weighted by Crippen LogP contribution is 2.21. The van der Waals surface area contributed by atoms with Crippen molar-refractivity contribution in [2.24, 2.45) is 0 Å². The van der Waals surface area contributed by atoms with Gasteiger partial charge in [0.2, 0.25) is 0 Å². The first-order valence-electron chi connectivity index (χ1n) is 8.03. The van der Waals surface area contributed by atoms with Gasteiger partial charge in [0.1, 0.15) is 5.69 Å². The standard InChI is InChI=1S/C18H24N2O4/c1-5-14-12(3)17(18(22)23)19-15(14)10-20-8-11(2)13(9-20)6-7-16(21)24-4/h8-9,19H,5-7,10H2,1-4H3,(H,22,23). The molecule has 0 fully saturated rings. The summed E-state index contributed by atoms with van der Waals surface area (Å²) < 4.78 is 6.70. The highest BCUT2D eigenvalue weighted by atomic mass is 16.5. The van der Waals surface area contributed by atoms with Crippen LogP contribution in [0.15, 0.2) is 12.4 Å². The van der Waals surface area contributed by atoms with Crippen LogP contribution in [0.4, 0.5) is 0 Å². The van der Waals surface area contributed by atoms with E-state index in [1.807, 2.05) is 37.7 Å². The number of hydrogen-bond donors (Lipinski definition) is 2. The Balaban J connectivity index is 2.21. The lowest BCUT2D eigenvalue weighted by Crippen LogP contribution is -2.03. The number of nitrogens with zero attached hydrogens (tertiary/aromatic N) is 1. The first kappa shape index (κ1) is 17.8. The molecule has 0 saturated heterocycles. The summed E-state index contributed by atoms with van der Waals surface area (Å²) in [6.45, 7) is 6.45. The Bertz CT molecular complexity index is 755. The van der Waals surface area contributed by atoms with Crippen molar-refractivity contribution >= 4 is 11.9 Å². The van der Waals surface area contributed by atoms with E-state index in [0.717, 1.165) is 34.4 Å². The monoisotopic (exact) mass is 332 g/mol. The second kappa shape index (κ2) is 7.38. The minimum absolute atomic E-state index is 0.221. The second-order valence-corrected chi connectivity index (χ2v) is 5.96. The maximum Gasteiger partial charge on any atom is 0.352 e. The van der Waals surface area contributed by atoms with Gasteiger partial charge in [0.15, 0.2) is 0 Å². The Morgan fingerprint density at radius 2 is 2.00 bits per heavy atom. The van der Waals surface area contributed by atoms with Gasteiger partial charge in [0, 0.05) is 24.5 Å². The number of carbonyl (C=O) groups is 2. The van der Waals surface area contributed by atoms with E-state index in [1.54, 1.807) is 0 Å². The molecule has 0 amide bonds. The fourth-order valence-electron chi connectivity index (χ4n) is 3.07. The molecule has 6 heteroatoms. The molecule has 6 nitrogen and oxygen atoms in total. The number of ether oxygens (including phenoxy) is 1. The quantitative estimate of drug-likeness (QED) is 0.764. The van der Waals surface area contributed by atoms with Crippen LogP contribution in [0.2, 0.25) is 0 Å². The summed E-state index contributed by atoms with van der Waals surface area (Å²) in [4.78, 5) is 25.6. The Kier molecular flexibility index (Phi) is 5.49. The Morgan fingerprint density at radius 1 is 1.29 bits per heavy atom. The number of aryl methyl sites for hydroxylation is 2. The van der Waals surface area contributed by atoms with Gasteiger partial charge in [0.25, 0.3) is 0 Å². The number of aromatic nitrogens is 2. The normalized spacial score (nSPS) is 10.8. The van der Waals surface area contributed by atoms with Crippen molar-refractivity contribution in [3.63, 3.8) is 0 Å². The number of aromatic carboxylic acids is 1. The number of methoxy groups -OCH3 is 1. The fraction of sp³-hybridized carbons (Fsp3) is 0.444. The van der Waals surface area contributed by atoms with E-state index in [2.05, 4.69) is 9.72 Å². The lowest BCUT2D eigenvalue weighted by Gasteiger charge is -2.04. The van der Waals surface area contributed by atoms with Crippen LogP contribution in [-0.2, 0) is 28.9 Å². The molecule has 0 aliphatic carbocycles. The molecular formula is C18H24N2O4. The Labute approximate surface area is 141 Å². The van der Waals surface area contributed by atoms with Gasteiger partial charge in [0.05, 0.1) is 13.7 Å². The van der Waals surface area contributed by atoms with Crippen molar-refractivity contribution in [1.29, 1.82) is 0 Å². The van der Waals surface area contributed by atoms with E-state index >= 15 is 0 Å². The smallest absolute Gasteiger partial charge is 0.352 e. The maximum absolute atomic E-state index is 11.3. The predicted octanol–water partition coefficient (Wildman–Crippen LogP) is 2.85. The fourth-order valence-corrected chi connectivity index (χ4v) is 3.07. The molecule has 2 heterocycles. The molecule has 0 aliphatic rings. The molecule has 24 heavy (non-hydrogen) atoms. The summed E-state index contributed by atoms with van der Waals surface area (Å²) >= 11 is 0. The van der Waals surface area contributed by atoms with Crippen molar-refractivity contribution in [3.05, 3.63) is 46.0 Å².